The van der Waals surface area contributed by atoms with Gasteiger partial charge in [-0.05, 0) is 49.1 Å². The summed E-state index contributed by atoms with van der Waals surface area (Å²) in [5, 5.41) is 10.4. The van der Waals surface area contributed by atoms with Crippen LogP contribution in [0, 0.1) is 0 Å². The minimum atomic E-state index is 0.0185. The van der Waals surface area contributed by atoms with Crippen LogP contribution in [0.25, 0.3) is 21.7 Å². The van der Waals surface area contributed by atoms with Gasteiger partial charge in [0.1, 0.15) is 4.83 Å². The molecule has 1 aliphatic carbocycles. The van der Waals surface area contributed by atoms with Gasteiger partial charge in [-0.25, -0.2) is 8.97 Å². The molecule has 0 unspecified atom stereocenters. The highest BCUT2D eigenvalue weighted by atomic mass is 32.2. The first kappa shape index (κ1) is 16.1. The highest BCUT2D eigenvalue weighted by Gasteiger charge is 2.28. The molecule has 0 radical (unpaired) electrons. The van der Waals surface area contributed by atoms with Crippen LogP contribution >= 0.6 is 23.1 Å². The van der Waals surface area contributed by atoms with Crippen LogP contribution in [0.2, 0.25) is 0 Å². The van der Waals surface area contributed by atoms with Crippen molar-refractivity contribution in [2.75, 3.05) is 6.26 Å². The summed E-state index contributed by atoms with van der Waals surface area (Å²) in [6.07, 6.45) is 5.38. The number of thioether (sulfide) groups is 1. The van der Waals surface area contributed by atoms with Gasteiger partial charge in [0.15, 0.2) is 5.16 Å². The van der Waals surface area contributed by atoms with Crippen molar-refractivity contribution < 1.29 is 0 Å². The fourth-order valence-corrected chi connectivity index (χ4v) is 5.98. The molecule has 0 amide bonds. The zero-order chi connectivity index (χ0) is 17.8. The van der Waals surface area contributed by atoms with Crippen LogP contribution in [-0.4, -0.2) is 25.4 Å². The number of benzene rings is 1. The molecule has 3 heterocycles. The number of nitrogens with zero attached hydrogens (tertiary/aromatic N) is 4. The molecule has 26 heavy (non-hydrogen) atoms. The van der Waals surface area contributed by atoms with Gasteiger partial charge in [0.05, 0.1) is 11.1 Å². The second kappa shape index (κ2) is 5.96. The van der Waals surface area contributed by atoms with E-state index in [0.29, 0.717) is 11.7 Å². The summed E-state index contributed by atoms with van der Waals surface area (Å²) in [4.78, 5) is 15.9. The van der Waals surface area contributed by atoms with Gasteiger partial charge in [0.25, 0.3) is 5.56 Å². The predicted octanol–water partition coefficient (Wildman–Crippen LogP) is 4.26. The molecular weight excluding hydrogens is 364 g/mol. The molecule has 5 nitrogen and oxygen atoms in total. The standard InChI is InChI=1S/C19H18N4OS2/c1-11-7-6-10-13-14(11)15-16(24)22(12-8-4-3-5-9-12)18-20-21-19(25-2)23(18)17(15)26-13/h3-5,8-9,11H,6-7,10H2,1-2H3/t11-/m1/s1. The molecular formula is C19H18N4OS2. The number of hydrogen-bond acceptors (Lipinski definition) is 5. The van der Waals surface area contributed by atoms with Gasteiger partial charge in [-0.3, -0.25) is 4.79 Å². The van der Waals surface area contributed by atoms with Crippen molar-refractivity contribution in [3.05, 3.63) is 51.1 Å². The van der Waals surface area contributed by atoms with Crippen LogP contribution in [0.4, 0.5) is 0 Å². The molecule has 0 bridgehead atoms. The summed E-state index contributed by atoms with van der Waals surface area (Å²) in [5.41, 5.74) is 2.09. The van der Waals surface area contributed by atoms with Crippen molar-refractivity contribution in [2.24, 2.45) is 0 Å². The van der Waals surface area contributed by atoms with E-state index >= 15 is 0 Å². The number of para-hydroxylation sites is 1. The van der Waals surface area contributed by atoms with Gasteiger partial charge in [-0.2, -0.15) is 0 Å². The molecule has 0 fully saturated rings. The second-order valence-electron chi connectivity index (χ2n) is 6.71. The number of hydrogen-bond donors (Lipinski definition) is 0. The lowest BCUT2D eigenvalue weighted by Crippen LogP contribution is -2.22. The van der Waals surface area contributed by atoms with Gasteiger partial charge >= 0.3 is 0 Å². The summed E-state index contributed by atoms with van der Waals surface area (Å²) in [7, 11) is 0. The third-order valence-electron chi connectivity index (χ3n) is 5.17. The summed E-state index contributed by atoms with van der Waals surface area (Å²) < 4.78 is 3.77. The van der Waals surface area contributed by atoms with Crippen molar-refractivity contribution >= 4 is 39.1 Å². The molecule has 0 N–H and O–H groups in total. The van der Waals surface area contributed by atoms with Crippen LogP contribution in [0.1, 0.15) is 36.1 Å². The van der Waals surface area contributed by atoms with Gasteiger partial charge in [0, 0.05) is 4.88 Å². The van der Waals surface area contributed by atoms with Crippen LogP contribution < -0.4 is 5.56 Å². The van der Waals surface area contributed by atoms with E-state index in [-0.39, 0.29) is 5.56 Å². The quantitative estimate of drug-likeness (QED) is 0.486. The summed E-state index contributed by atoms with van der Waals surface area (Å²) in [6.45, 7) is 2.24. The molecule has 0 saturated heterocycles. The van der Waals surface area contributed by atoms with E-state index < -0.39 is 0 Å². The molecule has 1 aliphatic rings. The van der Waals surface area contributed by atoms with Crippen LogP contribution in [0.15, 0.2) is 40.3 Å². The van der Waals surface area contributed by atoms with Gasteiger partial charge in [0.2, 0.25) is 5.78 Å². The molecule has 7 heteroatoms. The predicted molar refractivity (Wildman–Crippen MR) is 107 cm³/mol. The monoisotopic (exact) mass is 382 g/mol. The largest absolute Gasteiger partial charge is 0.268 e. The van der Waals surface area contributed by atoms with Crippen molar-refractivity contribution in [3.8, 4) is 5.69 Å². The van der Waals surface area contributed by atoms with Crippen LogP contribution in [-0.2, 0) is 6.42 Å². The lowest BCUT2D eigenvalue weighted by atomic mass is 9.88. The molecule has 4 aromatic rings. The summed E-state index contributed by atoms with van der Waals surface area (Å²) in [6, 6.07) is 9.74. The maximum Gasteiger partial charge on any atom is 0.268 e. The molecule has 3 aromatic heterocycles. The fraction of sp³-hybridized carbons (Fsp3) is 0.316. The minimum absolute atomic E-state index is 0.0185. The van der Waals surface area contributed by atoms with Crippen molar-refractivity contribution in [1.82, 2.24) is 19.2 Å². The Morgan fingerprint density at radius 2 is 2.04 bits per heavy atom. The van der Waals surface area contributed by atoms with E-state index in [1.54, 1.807) is 27.7 Å². The molecule has 5 rings (SSSR count). The second-order valence-corrected chi connectivity index (χ2v) is 8.57. The van der Waals surface area contributed by atoms with Crippen molar-refractivity contribution in [1.29, 1.82) is 0 Å². The Kier molecular flexibility index (Phi) is 3.68. The molecule has 0 spiro atoms. The molecule has 1 atom stereocenters. The van der Waals surface area contributed by atoms with Crippen molar-refractivity contribution in [3.63, 3.8) is 0 Å². The Morgan fingerprint density at radius 3 is 2.81 bits per heavy atom. The first-order valence-electron chi connectivity index (χ1n) is 8.75. The average molecular weight is 383 g/mol. The molecule has 0 saturated carbocycles. The Hall–Kier alpha value is -2.12. The van der Waals surface area contributed by atoms with E-state index in [2.05, 4.69) is 21.5 Å². The first-order chi connectivity index (χ1) is 12.7. The SMILES string of the molecule is CSc1nnc2n(-c3ccccc3)c(=O)c3c4c(sc3n12)CCC[C@H]4C. The maximum atomic E-state index is 13.6. The Morgan fingerprint density at radius 1 is 1.23 bits per heavy atom. The van der Waals surface area contributed by atoms with E-state index in [9.17, 15) is 4.79 Å². The lowest BCUT2D eigenvalue weighted by Gasteiger charge is -2.18. The van der Waals surface area contributed by atoms with Gasteiger partial charge < -0.3 is 0 Å². The fourth-order valence-electron chi connectivity index (χ4n) is 3.99. The summed E-state index contributed by atoms with van der Waals surface area (Å²) in [5.74, 6) is 1.00. The number of rotatable bonds is 2. The van der Waals surface area contributed by atoms with E-state index in [1.165, 1.54) is 16.9 Å². The number of fused-ring (bicyclic) bond motifs is 5. The third-order valence-corrected chi connectivity index (χ3v) is 7.05. The average Bonchev–Trinajstić information content (AvgIpc) is 3.25. The number of aromatic nitrogens is 4. The Labute approximate surface area is 158 Å². The smallest absolute Gasteiger partial charge is 0.268 e. The number of aryl methyl sites for hydroxylation is 1. The maximum absolute atomic E-state index is 13.6. The normalized spacial score (nSPS) is 17.1. The molecule has 0 aliphatic heterocycles. The highest BCUT2D eigenvalue weighted by Crippen LogP contribution is 2.41. The number of thiophene rings is 1. The van der Waals surface area contributed by atoms with Crippen LogP contribution in [0.3, 0.4) is 0 Å². The van der Waals surface area contributed by atoms with Gasteiger partial charge in [-0.15, -0.1) is 21.5 Å². The first-order valence-corrected chi connectivity index (χ1v) is 10.8. The zero-order valence-electron chi connectivity index (χ0n) is 14.6. The molecule has 1 aromatic carbocycles. The zero-order valence-corrected chi connectivity index (χ0v) is 16.2. The Bertz CT molecular complexity index is 1190. The molecule has 132 valence electrons. The highest BCUT2D eigenvalue weighted by molar-refractivity contribution is 7.98. The van der Waals surface area contributed by atoms with E-state index in [4.69, 9.17) is 0 Å². The van der Waals surface area contributed by atoms with Crippen LogP contribution in [0.5, 0.6) is 0 Å². The minimum Gasteiger partial charge on any atom is -0.268 e. The third kappa shape index (κ3) is 2.13. The van der Waals surface area contributed by atoms with E-state index in [1.807, 2.05) is 36.6 Å². The van der Waals surface area contributed by atoms with E-state index in [0.717, 1.165) is 33.9 Å². The van der Waals surface area contributed by atoms with Crippen molar-refractivity contribution in [2.45, 2.75) is 37.3 Å². The Balaban J connectivity index is 2.02. The lowest BCUT2D eigenvalue weighted by molar-refractivity contribution is 0.601. The summed E-state index contributed by atoms with van der Waals surface area (Å²) >= 11 is 3.30. The van der Waals surface area contributed by atoms with Gasteiger partial charge in [-0.1, -0.05) is 36.9 Å². The topological polar surface area (TPSA) is 52.2 Å².